The molecule has 7 rings (SSSR count). The Bertz CT molecular complexity index is 1620. The molecule has 256 valence electrons. The summed E-state index contributed by atoms with van der Waals surface area (Å²) in [4.78, 5) is 36.4. The number of hydrogen-bond donors (Lipinski definition) is 1. The molecule has 11 nitrogen and oxygen atoms in total. The van der Waals surface area contributed by atoms with E-state index in [1.165, 1.54) is 11.1 Å². The van der Waals surface area contributed by atoms with Gasteiger partial charge in [0.25, 0.3) is 0 Å². The number of anilines is 4. The Kier molecular flexibility index (Phi) is 9.17. The van der Waals surface area contributed by atoms with Crippen LogP contribution in [0, 0.1) is 19.3 Å². The van der Waals surface area contributed by atoms with Gasteiger partial charge in [0.1, 0.15) is 11.6 Å². The van der Waals surface area contributed by atoms with E-state index in [4.69, 9.17) is 24.4 Å². The fraction of sp³-hybridized carbons (Fsp3) is 0.568. The first kappa shape index (κ1) is 32.6. The van der Waals surface area contributed by atoms with Crippen molar-refractivity contribution < 1.29 is 19.4 Å². The fourth-order valence-electron chi connectivity index (χ4n) is 7.60. The lowest BCUT2D eigenvalue weighted by Gasteiger charge is -2.40. The van der Waals surface area contributed by atoms with Crippen molar-refractivity contribution in [1.29, 1.82) is 0 Å². The minimum atomic E-state index is -0.822. The molecule has 1 aromatic carbocycles. The Morgan fingerprint density at radius 1 is 0.771 bits per heavy atom. The molecule has 48 heavy (non-hydrogen) atoms. The smallest absolute Gasteiger partial charge is 0.307 e. The van der Waals surface area contributed by atoms with Gasteiger partial charge in [-0.3, -0.25) is 9.78 Å². The van der Waals surface area contributed by atoms with E-state index in [1.54, 1.807) is 0 Å². The summed E-state index contributed by atoms with van der Waals surface area (Å²) in [5.41, 5.74) is 8.74. The number of nitrogens with zero attached hydrogens (tertiary/aromatic N) is 7. The second-order valence-electron chi connectivity index (χ2n) is 14.4. The van der Waals surface area contributed by atoms with Crippen LogP contribution in [-0.2, 0) is 33.7 Å². The SMILES string of the molecule is Cc1nc(C)c(-c2ccc3c(c2)CCN(c2cc(N4CCOCC4)nc(N4CCOCC4)n2)C3)c(N2CCC(C)(C)CC2)c1CC(=O)O. The first-order valence-corrected chi connectivity index (χ1v) is 17.5. The molecule has 0 amide bonds. The van der Waals surface area contributed by atoms with Crippen LogP contribution in [0.3, 0.4) is 0 Å². The first-order chi connectivity index (χ1) is 23.1. The number of aliphatic carboxylic acids is 1. The quantitative estimate of drug-likeness (QED) is 0.385. The van der Waals surface area contributed by atoms with Crippen molar-refractivity contribution in [2.24, 2.45) is 5.41 Å². The molecule has 0 unspecified atom stereocenters. The molecule has 1 N–H and O–H groups in total. The molecule has 4 aliphatic rings. The number of fused-ring (bicyclic) bond motifs is 1. The molecule has 0 aliphatic carbocycles. The van der Waals surface area contributed by atoms with Crippen LogP contribution in [0.2, 0.25) is 0 Å². The summed E-state index contributed by atoms with van der Waals surface area (Å²) in [6.45, 7) is 18.1. The van der Waals surface area contributed by atoms with Crippen molar-refractivity contribution in [3.05, 3.63) is 52.3 Å². The summed E-state index contributed by atoms with van der Waals surface area (Å²) in [6, 6.07) is 8.93. The number of hydrogen-bond acceptors (Lipinski definition) is 10. The number of carboxylic acid groups (broad SMARTS) is 1. The number of aryl methyl sites for hydroxylation is 2. The van der Waals surface area contributed by atoms with E-state index in [9.17, 15) is 9.90 Å². The molecule has 3 fully saturated rings. The third-order valence-electron chi connectivity index (χ3n) is 10.6. The van der Waals surface area contributed by atoms with Crippen molar-refractivity contribution in [2.75, 3.05) is 91.8 Å². The zero-order valence-corrected chi connectivity index (χ0v) is 28.9. The number of ether oxygens (including phenoxy) is 2. The van der Waals surface area contributed by atoms with Crippen LogP contribution in [0.1, 0.15) is 54.8 Å². The van der Waals surface area contributed by atoms with Gasteiger partial charge in [-0.2, -0.15) is 9.97 Å². The number of carbonyl (C=O) groups is 1. The summed E-state index contributed by atoms with van der Waals surface area (Å²) in [6.07, 6.45) is 3.01. The number of rotatable bonds is 7. The van der Waals surface area contributed by atoms with Crippen LogP contribution in [0.5, 0.6) is 0 Å². The van der Waals surface area contributed by atoms with Crippen molar-refractivity contribution in [2.45, 2.75) is 59.9 Å². The minimum Gasteiger partial charge on any atom is -0.481 e. The maximum absolute atomic E-state index is 12.1. The van der Waals surface area contributed by atoms with Crippen molar-refractivity contribution in [3.8, 4) is 11.1 Å². The third kappa shape index (κ3) is 6.80. The van der Waals surface area contributed by atoms with Gasteiger partial charge in [-0.1, -0.05) is 32.0 Å². The van der Waals surface area contributed by atoms with Gasteiger partial charge in [0.15, 0.2) is 0 Å². The molecule has 3 aromatic rings. The second-order valence-corrected chi connectivity index (χ2v) is 14.4. The van der Waals surface area contributed by atoms with Crippen molar-refractivity contribution in [1.82, 2.24) is 15.0 Å². The largest absolute Gasteiger partial charge is 0.481 e. The van der Waals surface area contributed by atoms with E-state index < -0.39 is 5.97 Å². The van der Waals surface area contributed by atoms with E-state index >= 15 is 0 Å². The fourth-order valence-corrected chi connectivity index (χ4v) is 7.60. The predicted molar refractivity (Wildman–Crippen MR) is 189 cm³/mol. The van der Waals surface area contributed by atoms with Gasteiger partial charge >= 0.3 is 5.97 Å². The predicted octanol–water partition coefficient (Wildman–Crippen LogP) is 4.64. The van der Waals surface area contributed by atoms with Crippen LogP contribution in [0.15, 0.2) is 24.3 Å². The van der Waals surface area contributed by atoms with E-state index in [2.05, 4.69) is 64.6 Å². The Morgan fingerprint density at radius 3 is 2.08 bits per heavy atom. The molecule has 0 atom stereocenters. The van der Waals surface area contributed by atoms with Gasteiger partial charge in [-0.25, -0.2) is 0 Å². The maximum atomic E-state index is 12.1. The zero-order chi connectivity index (χ0) is 33.4. The Balaban J connectivity index is 1.21. The molecular formula is C37H49N7O4. The molecule has 0 saturated carbocycles. The maximum Gasteiger partial charge on any atom is 0.307 e. The van der Waals surface area contributed by atoms with E-state index in [0.717, 1.165) is 123 Å². The average molecular weight is 656 g/mol. The summed E-state index contributed by atoms with van der Waals surface area (Å²) in [7, 11) is 0. The van der Waals surface area contributed by atoms with Gasteiger partial charge in [0.05, 0.1) is 38.5 Å². The average Bonchev–Trinajstić information content (AvgIpc) is 3.09. The highest BCUT2D eigenvalue weighted by atomic mass is 16.5. The van der Waals surface area contributed by atoms with E-state index in [-0.39, 0.29) is 11.8 Å². The summed E-state index contributed by atoms with van der Waals surface area (Å²) in [5.74, 6) is 1.86. The van der Waals surface area contributed by atoms with Gasteiger partial charge in [-0.05, 0) is 55.2 Å². The molecule has 4 aliphatic heterocycles. The number of pyridine rings is 1. The normalized spacial score (nSPS) is 19.8. The third-order valence-corrected chi connectivity index (χ3v) is 10.6. The van der Waals surface area contributed by atoms with Crippen molar-refractivity contribution >= 4 is 29.2 Å². The highest BCUT2D eigenvalue weighted by Crippen LogP contribution is 2.42. The second kappa shape index (κ2) is 13.5. The van der Waals surface area contributed by atoms with Crippen LogP contribution in [-0.4, -0.2) is 98.3 Å². The number of aromatic nitrogens is 3. The number of morpholine rings is 2. The lowest BCUT2D eigenvalue weighted by atomic mass is 9.82. The molecule has 6 heterocycles. The Morgan fingerprint density at radius 2 is 1.42 bits per heavy atom. The molecular weight excluding hydrogens is 606 g/mol. The van der Waals surface area contributed by atoms with Gasteiger partial charge < -0.3 is 34.2 Å². The summed E-state index contributed by atoms with van der Waals surface area (Å²) in [5, 5.41) is 9.91. The number of benzene rings is 1. The zero-order valence-electron chi connectivity index (χ0n) is 28.9. The van der Waals surface area contributed by atoms with Gasteiger partial charge in [-0.15, -0.1) is 0 Å². The lowest BCUT2D eigenvalue weighted by molar-refractivity contribution is -0.136. The number of piperidine rings is 1. The lowest BCUT2D eigenvalue weighted by Crippen LogP contribution is -2.40. The van der Waals surface area contributed by atoms with Crippen LogP contribution in [0.4, 0.5) is 23.3 Å². The molecule has 0 bridgehead atoms. The van der Waals surface area contributed by atoms with Gasteiger partial charge in [0, 0.05) is 80.9 Å². The summed E-state index contributed by atoms with van der Waals surface area (Å²) >= 11 is 0. The molecule has 2 aromatic heterocycles. The minimum absolute atomic E-state index is 0.0287. The Hall–Kier alpha value is -3.96. The summed E-state index contributed by atoms with van der Waals surface area (Å²) < 4.78 is 11.2. The standard InChI is InChI=1S/C37H49N7O4/c1-25-30(22-33(45)46)35(42-11-8-37(3,4)9-12-42)34(26(2)38-25)28-5-6-29-24-44(10-7-27(29)21-28)32-23-31(41-13-17-47-18-14-41)39-36(40-32)43-15-19-48-20-16-43/h5-6,21,23H,7-20,22,24H2,1-4H3,(H,45,46). The van der Waals surface area contributed by atoms with Crippen LogP contribution in [0.25, 0.3) is 11.1 Å². The van der Waals surface area contributed by atoms with Crippen LogP contribution >= 0.6 is 0 Å². The van der Waals surface area contributed by atoms with Gasteiger partial charge in [0.2, 0.25) is 5.95 Å². The highest BCUT2D eigenvalue weighted by Gasteiger charge is 2.31. The topological polar surface area (TPSA) is 107 Å². The molecule has 0 spiro atoms. The van der Waals surface area contributed by atoms with Crippen molar-refractivity contribution in [3.63, 3.8) is 0 Å². The molecule has 3 saturated heterocycles. The monoisotopic (exact) mass is 655 g/mol. The highest BCUT2D eigenvalue weighted by molar-refractivity contribution is 5.86. The van der Waals surface area contributed by atoms with E-state index in [0.29, 0.717) is 26.4 Å². The Labute approximate surface area is 283 Å². The van der Waals surface area contributed by atoms with E-state index in [1.807, 2.05) is 6.92 Å². The number of carboxylic acids is 1. The first-order valence-electron chi connectivity index (χ1n) is 17.5. The van der Waals surface area contributed by atoms with Crippen LogP contribution < -0.4 is 19.6 Å². The molecule has 11 heteroatoms. The molecule has 0 radical (unpaired) electrons.